The second kappa shape index (κ2) is 3.43. The molecule has 1 N–H and O–H groups in total. The van der Waals surface area contributed by atoms with E-state index in [1.165, 1.54) is 0 Å². The van der Waals surface area contributed by atoms with Crippen LogP contribution in [0.2, 0.25) is 0 Å². The van der Waals surface area contributed by atoms with Gasteiger partial charge in [-0.2, -0.15) is 5.10 Å². The Kier molecular flexibility index (Phi) is 2.12. The van der Waals surface area contributed by atoms with Crippen molar-refractivity contribution in [2.24, 2.45) is 10.1 Å². The maximum atomic E-state index is 4.34. The van der Waals surface area contributed by atoms with Crippen molar-refractivity contribution in [3.05, 3.63) is 23.0 Å². The largest absolute Gasteiger partial charge is 0.346 e. The van der Waals surface area contributed by atoms with Gasteiger partial charge in [0.1, 0.15) is 5.49 Å². The molecule has 13 heavy (non-hydrogen) atoms. The summed E-state index contributed by atoms with van der Waals surface area (Å²) in [6.07, 6.45) is 5.82. The van der Waals surface area contributed by atoms with E-state index in [9.17, 15) is 0 Å². The second-order valence-corrected chi connectivity index (χ2v) is 2.96. The quantitative estimate of drug-likeness (QED) is 0.560. The van der Waals surface area contributed by atoms with Gasteiger partial charge in [0, 0.05) is 24.7 Å². The first kappa shape index (κ1) is 8.04. The van der Waals surface area contributed by atoms with E-state index in [1.807, 2.05) is 30.5 Å². The summed E-state index contributed by atoms with van der Waals surface area (Å²) < 4.78 is 0. The number of nitrogens with zero attached hydrogens (tertiary/aromatic N) is 3. The van der Waals surface area contributed by atoms with E-state index in [2.05, 4.69) is 21.2 Å². The number of hydrazone groups is 1. The van der Waals surface area contributed by atoms with Crippen LogP contribution in [-0.2, 0) is 0 Å². The van der Waals surface area contributed by atoms with Crippen LogP contribution in [0, 0.1) is 0 Å². The fraction of sp³-hybridized carbons (Fsp3) is 0.333. The van der Waals surface area contributed by atoms with Crippen LogP contribution in [0.15, 0.2) is 22.4 Å². The van der Waals surface area contributed by atoms with Crippen LogP contribution in [0.3, 0.4) is 0 Å². The van der Waals surface area contributed by atoms with Crippen molar-refractivity contribution in [1.29, 1.82) is 0 Å². The van der Waals surface area contributed by atoms with E-state index < -0.39 is 0 Å². The average Bonchev–Trinajstić information content (AvgIpc) is 2.56. The molecule has 0 radical (unpaired) electrons. The van der Waals surface area contributed by atoms with Crippen LogP contribution in [0.5, 0.6) is 0 Å². The SMILES string of the molecule is CN1C/C=c2/cc[nH]/c2=N/C/C=N\1. The topological polar surface area (TPSA) is 43.8 Å². The second-order valence-electron chi connectivity index (χ2n) is 2.96. The molecule has 0 saturated heterocycles. The molecule has 1 aliphatic heterocycles. The summed E-state index contributed by atoms with van der Waals surface area (Å²) in [5.74, 6) is 0. The van der Waals surface area contributed by atoms with Gasteiger partial charge in [-0.3, -0.25) is 10.0 Å². The number of nitrogens with one attached hydrogen (secondary N) is 1. The number of fused-ring (bicyclic) bond motifs is 1. The lowest BCUT2D eigenvalue weighted by Gasteiger charge is -2.07. The van der Waals surface area contributed by atoms with Gasteiger partial charge >= 0.3 is 0 Å². The number of hydrogen-bond donors (Lipinski definition) is 1. The predicted octanol–water partition coefficient (Wildman–Crippen LogP) is -0.654. The minimum Gasteiger partial charge on any atom is -0.346 e. The fourth-order valence-electron chi connectivity index (χ4n) is 1.26. The average molecular weight is 176 g/mol. The van der Waals surface area contributed by atoms with Gasteiger partial charge in [0.05, 0.1) is 13.1 Å². The molecule has 1 aromatic rings. The van der Waals surface area contributed by atoms with Gasteiger partial charge in [0.25, 0.3) is 0 Å². The van der Waals surface area contributed by atoms with Crippen molar-refractivity contribution in [3.63, 3.8) is 0 Å². The van der Waals surface area contributed by atoms with E-state index in [4.69, 9.17) is 0 Å². The maximum Gasteiger partial charge on any atom is 0.132 e. The first-order valence-electron chi connectivity index (χ1n) is 4.28. The van der Waals surface area contributed by atoms with Gasteiger partial charge in [-0.15, -0.1) is 0 Å². The minimum atomic E-state index is 0.631. The Bertz CT molecular complexity index is 415. The van der Waals surface area contributed by atoms with E-state index in [0.717, 1.165) is 17.3 Å². The zero-order valence-corrected chi connectivity index (χ0v) is 7.57. The van der Waals surface area contributed by atoms with Gasteiger partial charge in [-0.25, -0.2) is 0 Å². The van der Waals surface area contributed by atoms with Crippen LogP contribution < -0.4 is 10.7 Å². The molecule has 0 spiro atoms. The van der Waals surface area contributed by atoms with Crippen LogP contribution >= 0.6 is 0 Å². The molecule has 0 unspecified atom stereocenters. The van der Waals surface area contributed by atoms with E-state index in [1.54, 1.807) is 0 Å². The summed E-state index contributed by atoms with van der Waals surface area (Å²) in [6.45, 7) is 1.45. The molecule has 1 aromatic heterocycles. The first-order valence-corrected chi connectivity index (χ1v) is 4.28. The normalized spacial score (nSPS) is 23.9. The number of H-pyrrole nitrogens is 1. The standard InChI is InChI=1S/C9H12N4/c1-13-7-3-8-2-4-10-9(8)11-5-6-12-13/h2-4,6H,5,7H2,1H3,(H,10,11)/b8-3-,12-6-. The molecule has 0 amide bonds. The predicted molar refractivity (Wildman–Crippen MR) is 52.0 cm³/mol. The summed E-state index contributed by atoms with van der Waals surface area (Å²) in [7, 11) is 1.95. The van der Waals surface area contributed by atoms with E-state index >= 15 is 0 Å². The van der Waals surface area contributed by atoms with Crippen molar-refractivity contribution in [2.75, 3.05) is 20.1 Å². The number of aromatic amines is 1. The Morgan fingerprint density at radius 1 is 1.54 bits per heavy atom. The highest BCUT2D eigenvalue weighted by atomic mass is 15.4. The molecule has 4 nitrogen and oxygen atoms in total. The van der Waals surface area contributed by atoms with Gasteiger partial charge in [-0.1, -0.05) is 6.08 Å². The minimum absolute atomic E-state index is 0.631. The Morgan fingerprint density at radius 3 is 3.38 bits per heavy atom. The molecule has 68 valence electrons. The monoisotopic (exact) mass is 176 g/mol. The molecule has 0 atom stereocenters. The maximum absolute atomic E-state index is 4.34. The van der Waals surface area contributed by atoms with E-state index in [0.29, 0.717) is 6.54 Å². The van der Waals surface area contributed by atoms with Crippen LogP contribution in [0.4, 0.5) is 0 Å². The van der Waals surface area contributed by atoms with Crippen LogP contribution in [0.1, 0.15) is 0 Å². The molecule has 0 aromatic carbocycles. The molecule has 4 heteroatoms. The molecule has 1 aliphatic rings. The summed E-state index contributed by atoms with van der Waals surface area (Å²) >= 11 is 0. The lowest BCUT2D eigenvalue weighted by atomic mass is 10.4. The third-order valence-corrected chi connectivity index (χ3v) is 1.94. The Hall–Kier alpha value is -1.58. The zero-order valence-electron chi connectivity index (χ0n) is 7.57. The van der Waals surface area contributed by atoms with Crippen molar-refractivity contribution < 1.29 is 0 Å². The molecule has 0 aliphatic carbocycles. The van der Waals surface area contributed by atoms with Gasteiger partial charge in [0.15, 0.2) is 0 Å². The summed E-state index contributed by atoms with van der Waals surface area (Å²) in [4.78, 5) is 7.43. The molecule has 2 heterocycles. The summed E-state index contributed by atoms with van der Waals surface area (Å²) in [6, 6.07) is 2.03. The third kappa shape index (κ3) is 1.77. The van der Waals surface area contributed by atoms with Crippen molar-refractivity contribution >= 4 is 12.3 Å². The Morgan fingerprint density at radius 2 is 2.46 bits per heavy atom. The number of hydrogen-bond acceptors (Lipinski definition) is 3. The number of aromatic nitrogens is 1. The van der Waals surface area contributed by atoms with E-state index in [-0.39, 0.29) is 0 Å². The third-order valence-electron chi connectivity index (χ3n) is 1.94. The number of rotatable bonds is 0. The van der Waals surface area contributed by atoms with Crippen molar-refractivity contribution in [3.8, 4) is 0 Å². The lowest BCUT2D eigenvalue weighted by Crippen LogP contribution is -2.24. The Balaban J connectivity index is 2.47. The molecular weight excluding hydrogens is 164 g/mol. The first-order chi connectivity index (χ1) is 6.36. The summed E-state index contributed by atoms with van der Waals surface area (Å²) in [5, 5.41) is 7.21. The van der Waals surface area contributed by atoms with Crippen molar-refractivity contribution in [2.45, 2.75) is 0 Å². The highest BCUT2D eigenvalue weighted by molar-refractivity contribution is 5.59. The lowest BCUT2D eigenvalue weighted by molar-refractivity contribution is 0.406. The highest BCUT2D eigenvalue weighted by Crippen LogP contribution is 1.83. The molecule has 2 rings (SSSR count). The smallest absolute Gasteiger partial charge is 0.132 e. The molecule has 0 saturated carbocycles. The van der Waals surface area contributed by atoms with Gasteiger partial charge in [-0.05, 0) is 6.07 Å². The Labute approximate surface area is 76.3 Å². The highest BCUT2D eigenvalue weighted by Gasteiger charge is 1.92. The van der Waals surface area contributed by atoms with Gasteiger partial charge < -0.3 is 4.98 Å². The zero-order chi connectivity index (χ0) is 9.10. The molecule has 0 bridgehead atoms. The van der Waals surface area contributed by atoms with Crippen LogP contribution in [-0.4, -0.2) is 36.3 Å². The fourth-order valence-corrected chi connectivity index (χ4v) is 1.26. The van der Waals surface area contributed by atoms with Crippen LogP contribution in [0.25, 0.3) is 6.08 Å². The summed E-state index contributed by atoms with van der Waals surface area (Å²) in [5.41, 5.74) is 0.946. The van der Waals surface area contributed by atoms with Crippen molar-refractivity contribution in [1.82, 2.24) is 9.99 Å². The van der Waals surface area contributed by atoms with Gasteiger partial charge in [0.2, 0.25) is 0 Å². The molecule has 0 fully saturated rings. The molecular formula is C9H12N4.